The fraction of sp³-hybridized carbons (Fsp3) is 0.500. The van der Waals surface area contributed by atoms with Gasteiger partial charge in [0.25, 0.3) is 0 Å². The minimum Gasteiger partial charge on any atom is -0.329 e. The molecule has 0 saturated carbocycles. The van der Waals surface area contributed by atoms with Gasteiger partial charge in [-0.25, -0.2) is 9.18 Å². The third kappa shape index (κ3) is 2.56. The summed E-state index contributed by atoms with van der Waals surface area (Å²) in [5, 5.41) is 6.23. The Morgan fingerprint density at radius 2 is 2.21 bits per heavy atom. The molecule has 1 aromatic carbocycles. The lowest BCUT2D eigenvalue weighted by Gasteiger charge is -2.19. The highest BCUT2D eigenvalue weighted by molar-refractivity contribution is 5.77. The predicted octanol–water partition coefficient (Wildman–Crippen LogP) is 1.64. The summed E-state index contributed by atoms with van der Waals surface area (Å²) in [4.78, 5) is 13.7. The van der Waals surface area contributed by atoms with Crippen LogP contribution >= 0.6 is 0 Å². The van der Waals surface area contributed by atoms with E-state index in [1.54, 1.807) is 23.1 Å². The Morgan fingerprint density at radius 3 is 2.95 bits per heavy atom. The zero-order valence-corrected chi connectivity index (χ0v) is 10.7. The summed E-state index contributed by atoms with van der Waals surface area (Å²) in [6.45, 7) is 2.27. The maximum absolute atomic E-state index is 13.7. The van der Waals surface area contributed by atoms with Gasteiger partial charge in [-0.3, -0.25) is 0 Å². The highest BCUT2D eigenvalue weighted by Gasteiger charge is 2.32. The third-order valence-corrected chi connectivity index (χ3v) is 3.87. The average Bonchev–Trinajstić information content (AvgIpc) is 3.02. The van der Waals surface area contributed by atoms with Crippen LogP contribution in [0.15, 0.2) is 24.3 Å². The molecule has 0 radical (unpaired) electrons. The van der Waals surface area contributed by atoms with Crippen molar-refractivity contribution in [2.75, 3.05) is 19.6 Å². The van der Waals surface area contributed by atoms with Gasteiger partial charge in [0.15, 0.2) is 0 Å². The van der Waals surface area contributed by atoms with Crippen LogP contribution in [0.2, 0.25) is 0 Å². The molecular formula is C14H18FN3O. The van der Waals surface area contributed by atoms with Crippen molar-refractivity contribution in [1.29, 1.82) is 0 Å². The van der Waals surface area contributed by atoms with Crippen LogP contribution in [0.4, 0.5) is 9.18 Å². The second kappa shape index (κ2) is 5.17. The fourth-order valence-corrected chi connectivity index (χ4v) is 2.86. The van der Waals surface area contributed by atoms with Crippen LogP contribution in [-0.4, -0.2) is 36.6 Å². The Bertz CT molecular complexity index is 474. The molecule has 102 valence electrons. The molecule has 2 saturated heterocycles. The SMILES string of the molecule is O=C1NC(c2ccccc2F)CN1CC1CCCN1. The fourth-order valence-electron chi connectivity index (χ4n) is 2.86. The third-order valence-electron chi connectivity index (χ3n) is 3.87. The molecule has 2 aliphatic heterocycles. The monoisotopic (exact) mass is 263 g/mol. The number of hydrogen-bond donors (Lipinski definition) is 2. The topological polar surface area (TPSA) is 44.4 Å². The molecule has 2 aliphatic rings. The molecule has 2 fully saturated rings. The van der Waals surface area contributed by atoms with Crippen molar-refractivity contribution in [1.82, 2.24) is 15.5 Å². The van der Waals surface area contributed by atoms with Gasteiger partial charge in [-0.05, 0) is 25.5 Å². The average molecular weight is 263 g/mol. The number of hydrogen-bond acceptors (Lipinski definition) is 2. The minimum atomic E-state index is -0.256. The number of carbonyl (C=O) groups excluding carboxylic acids is 1. The lowest BCUT2D eigenvalue weighted by molar-refractivity contribution is 0.213. The molecule has 2 atom stereocenters. The molecule has 4 nitrogen and oxygen atoms in total. The van der Waals surface area contributed by atoms with E-state index in [1.165, 1.54) is 6.07 Å². The number of rotatable bonds is 3. The molecule has 3 rings (SSSR count). The molecule has 2 amide bonds. The molecular weight excluding hydrogens is 245 g/mol. The zero-order chi connectivity index (χ0) is 13.2. The Labute approximate surface area is 112 Å². The summed E-state index contributed by atoms with van der Waals surface area (Å²) in [5.74, 6) is -0.256. The first kappa shape index (κ1) is 12.4. The van der Waals surface area contributed by atoms with Gasteiger partial charge in [-0.2, -0.15) is 0 Å². The van der Waals surface area contributed by atoms with Crippen molar-refractivity contribution >= 4 is 6.03 Å². The highest BCUT2D eigenvalue weighted by Crippen LogP contribution is 2.23. The Hall–Kier alpha value is -1.62. The van der Waals surface area contributed by atoms with Gasteiger partial charge in [0, 0.05) is 24.7 Å². The number of nitrogens with zero attached hydrogens (tertiary/aromatic N) is 1. The molecule has 2 unspecified atom stereocenters. The van der Waals surface area contributed by atoms with Crippen molar-refractivity contribution in [2.45, 2.75) is 24.9 Å². The van der Waals surface area contributed by atoms with E-state index in [1.807, 2.05) is 0 Å². The lowest BCUT2D eigenvalue weighted by atomic mass is 10.1. The molecule has 0 spiro atoms. The van der Waals surface area contributed by atoms with Crippen LogP contribution in [0, 0.1) is 5.82 Å². The summed E-state index contributed by atoms with van der Waals surface area (Å²) in [6, 6.07) is 6.67. The van der Waals surface area contributed by atoms with E-state index in [0.29, 0.717) is 24.7 Å². The largest absolute Gasteiger partial charge is 0.329 e. The summed E-state index contributed by atoms with van der Waals surface area (Å²) in [7, 11) is 0. The van der Waals surface area contributed by atoms with E-state index < -0.39 is 0 Å². The van der Waals surface area contributed by atoms with E-state index in [0.717, 1.165) is 19.4 Å². The molecule has 2 heterocycles. The van der Waals surface area contributed by atoms with Gasteiger partial charge < -0.3 is 15.5 Å². The zero-order valence-electron chi connectivity index (χ0n) is 10.7. The minimum absolute atomic E-state index is 0.0954. The standard InChI is InChI=1S/C14H18FN3O/c15-12-6-2-1-5-11(12)13-9-18(14(19)17-13)8-10-4-3-7-16-10/h1-2,5-6,10,13,16H,3-4,7-9H2,(H,17,19). The Balaban J connectivity index is 1.67. The van der Waals surface area contributed by atoms with Crippen molar-refractivity contribution in [3.05, 3.63) is 35.6 Å². The normalized spacial score (nSPS) is 26.8. The second-order valence-corrected chi connectivity index (χ2v) is 5.22. The number of carbonyl (C=O) groups is 1. The molecule has 0 bridgehead atoms. The van der Waals surface area contributed by atoms with Crippen LogP contribution in [0.5, 0.6) is 0 Å². The molecule has 1 aromatic rings. The number of urea groups is 1. The summed E-state index contributed by atoms with van der Waals surface area (Å²) in [6.07, 6.45) is 2.27. The summed E-state index contributed by atoms with van der Waals surface area (Å²) < 4.78 is 13.7. The van der Waals surface area contributed by atoms with Gasteiger partial charge in [-0.1, -0.05) is 18.2 Å². The predicted molar refractivity (Wildman–Crippen MR) is 70.3 cm³/mol. The molecule has 19 heavy (non-hydrogen) atoms. The summed E-state index contributed by atoms with van der Waals surface area (Å²) >= 11 is 0. The van der Waals surface area contributed by atoms with E-state index in [-0.39, 0.29) is 17.9 Å². The van der Waals surface area contributed by atoms with Crippen LogP contribution < -0.4 is 10.6 Å². The number of nitrogens with one attached hydrogen (secondary N) is 2. The molecule has 5 heteroatoms. The van der Waals surface area contributed by atoms with E-state index in [2.05, 4.69) is 10.6 Å². The highest BCUT2D eigenvalue weighted by atomic mass is 19.1. The summed E-state index contributed by atoms with van der Waals surface area (Å²) in [5.41, 5.74) is 0.567. The number of amides is 2. The lowest BCUT2D eigenvalue weighted by Crippen LogP contribution is -2.39. The smallest absolute Gasteiger partial charge is 0.318 e. The van der Waals surface area contributed by atoms with Crippen LogP contribution in [0.1, 0.15) is 24.4 Å². The van der Waals surface area contributed by atoms with E-state index in [4.69, 9.17) is 0 Å². The molecule has 0 aromatic heterocycles. The van der Waals surface area contributed by atoms with Crippen molar-refractivity contribution in [2.24, 2.45) is 0 Å². The number of halogens is 1. The first-order valence-electron chi connectivity index (χ1n) is 6.77. The number of benzene rings is 1. The van der Waals surface area contributed by atoms with Crippen molar-refractivity contribution < 1.29 is 9.18 Å². The molecule has 2 N–H and O–H groups in total. The van der Waals surface area contributed by atoms with Crippen molar-refractivity contribution in [3.8, 4) is 0 Å². The van der Waals surface area contributed by atoms with Crippen LogP contribution in [0.25, 0.3) is 0 Å². The maximum Gasteiger partial charge on any atom is 0.318 e. The Kier molecular flexibility index (Phi) is 3.38. The molecule has 0 aliphatic carbocycles. The quantitative estimate of drug-likeness (QED) is 0.871. The first-order valence-corrected chi connectivity index (χ1v) is 6.77. The van der Waals surface area contributed by atoms with Gasteiger partial charge in [-0.15, -0.1) is 0 Å². The Morgan fingerprint density at radius 1 is 1.37 bits per heavy atom. The van der Waals surface area contributed by atoms with Gasteiger partial charge >= 0.3 is 6.03 Å². The maximum atomic E-state index is 13.7. The van der Waals surface area contributed by atoms with E-state index in [9.17, 15) is 9.18 Å². The van der Waals surface area contributed by atoms with Crippen molar-refractivity contribution in [3.63, 3.8) is 0 Å². The first-order chi connectivity index (χ1) is 9.24. The second-order valence-electron chi connectivity index (χ2n) is 5.22. The van der Waals surface area contributed by atoms with Gasteiger partial charge in [0.1, 0.15) is 5.82 Å². The van der Waals surface area contributed by atoms with Crippen LogP contribution in [0.3, 0.4) is 0 Å². The van der Waals surface area contributed by atoms with Gasteiger partial charge in [0.2, 0.25) is 0 Å². The van der Waals surface area contributed by atoms with Crippen LogP contribution in [-0.2, 0) is 0 Å². The van der Waals surface area contributed by atoms with E-state index >= 15 is 0 Å². The van der Waals surface area contributed by atoms with Gasteiger partial charge in [0.05, 0.1) is 6.04 Å².